The van der Waals surface area contributed by atoms with Crippen molar-refractivity contribution >= 4 is 28.3 Å². The van der Waals surface area contributed by atoms with Gasteiger partial charge in [-0.15, -0.1) is 0 Å². The molecule has 0 aliphatic rings. The molecule has 0 aliphatic heterocycles. The largest absolute Gasteiger partial charge is 0.355 e. The van der Waals surface area contributed by atoms with E-state index in [9.17, 15) is 9.18 Å². The molecule has 0 aliphatic carbocycles. The van der Waals surface area contributed by atoms with E-state index >= 15 is 0 Å². The Balaban J connectivity index is 0.000000343. The molecule has 1 amide bonds. The second-order valence-electron chi connectivity index (χ2n) is 6.80. The van der Waals surface area contributed by atoms with Gasteiger partial charge in [0.15, 0.2) is 0 Å². The molecule has 160 valence electrons. The number of aromatic nitrogens is 1. The van der Waals surface area contributed by atoms with E-state index in [1.807, 2.05) is 0 Å². The van der Waals surface area contributed by atoms with Crippen molar-refractivity contribution in [3.63, 3.8) is 0 Å². The van der Waals surface area contributed by atoms with Gasteiger partial charge in [0, 0.05) is 35.1 Å². The second kappa shape index (κ2) is 11.6. The quantitative estimate of drug-likeness (QED) is 0.539. The maximum Gasteiger partial charge on any atom is 0.251 e. The Morgan fingerprint density at radius 2 is 1.80 bits per heavy atom. The SMILES string of the molecule is CCCN(CC)CC.CNC(=O)c1ccc2c(Cl)cnc(-c3ccccc3F)c2c1. The number of benzene rings is 2. The molecule has 1 heterocycles. The van der Waals surface area contributed by atoms with Gasteiger partial charge in [0.25, 0.3) is 5.91 Å². The van der Waals surface area contributed by atoms with Crippen LogP contribution in [-0.2, 0) is 0 Å². The minimum atomic E-state index is -0.371. The number of hydrogen-bond acceptors (Lipinski definition) is 3. The summed E-state index contributed by atoms with van der Waals surface area (Å²) in [6.07, 6.45) is 2.77. The topological polar surface area (TPSA) is 45.2 Å². The van der Waals surface area contributed by atoms with Gasteiger partial charge in [0.1, 0.15) is 5.82 Å². The van der Waals surface area contributed by atoms with Gasteiger partial charge in [-0.1, -0.05) is 50.6 Å². The van der Waals surface area contributed by atoms with Crippen LogP contribution >= 0.6 is 11.6 Å². The second-order valence-corrected chi connectivity index (χ2v) is 7.21. The molecular formula is C24H29ClFN3O. The third-order valence-corrected chi connectivity index (χ3v) is 5.19. The van der Waals surface area contributed by atoms with E-state index in [1.54, 1.807) is 43.4 Å². The van der Waals surface area contributed by atoms with Gasteiger partial charge in [0.05, 0.1) is 10.7 Å². The van der Waals surface area contributed by atoms with Crippen LogP contribution in [0, 0.1) is 5.82 Å². The molecule has 0 atom stereocenters. The lowest BCUT2D eigenvalue weighted by atomic mass is 10.0. The fourth-order valence-corrected chi connectivity index (χ4v) is 3.43. The summed E-state index contributed by atoms with van der Waals surface area (Å²) < 4.78 is 14.1. The number of pyridine rings is 1. The highest BCUT2D eigenvalue weighted by molar-refractivity contribution is 6.35. The lowest BCUT2D eigenvalue weighted by Crippen LogP contribution is -2.23. The van der Waals surface area contributed by atoms with Crippen LogP contribution < -0.4 is 5.32 Å². The highest BCUT2D eigenvalue weighted by Gasteiger charge is 2.14. The Hall–Kier alpha value is -2.50. The van der Waals surface area contributed by atoms with E-state index < -0.39 is 0 Å². The first kappa shape index (κ1) is 23.8. The Kier molecular flexibility index (Phi) is 9.21. The number of nitrogens with zero attached hydrogens (tertiary/aromatic N) is 2. The smallest absolute Gasteiger partial charge is 0.251 e. The monoisotopic (exact) mass is 429 g/mol. The standard InChI is InChI=1S/C17H12ClFN2O.C7H17N/c1-20-17(22)10-6-7-11-13(8-10)16(21-9-14(11)18)12-4-2-3-5-15(12)19;1-4-7-8(5-2)6-3/h2-9H,1H3,(H,20,22);4-7H2,1-3H3. The molecule has 30 heavy (non-hydrogen) atoms. The predicted molar refractivity (Wildman–Crippen MR) is 124 cm³/mol. The highest BCUT2D eigenvalue weighted by Crippen LogP contribution is 2.32. The van der Waals surface area contributed by atoms with E-state index in [2.05, 4.69) is 36.0 Å². The average Bonchev–Trinajstić information content (AvgIpc) is 2.78. The number of amides is 1. The highest BCUT2D eigenvalue weighted by atomic mass is 35.5. The fraction of sp³-hybridized carbons (Fsp3) is 0.333. The van der Waals surface area contributed by atoms with Crippen LogP contribution in [0.3, 0.4) is 0 Å². The van der Waals surface area contributed by atoms with Crippen LogP contribution in [0.25, 0.3) is 22.0 Å². The van der Waals surface area contributed by atoms with Crippen molar-refractivity contribution in [2.75, 3.05) is 26.7 Å². The molecule has 0 bridgehead atoms. The van der Waals surface area contributed by atoms with Crippen molar-refractivity contribution in [3.05, 3.63) is 65.1 Å². The van der Waals surface area contributed by atoms with Crippen molar-refractivity contribution in [2.24, 2.45) is 0 Å². The summed E-state index contributed by atoms with van der Waals surface area (Å²) in [5, 5.41) is 4.38. The Morgan fingerprint density at radius 1 is 1.10 bits per heavy atom. The van der Waals surface area contributed by atoms with Gasteiger partial charge >= 0.3 is 0 Å². The molecule has 0 unspecified atom stereocenters. The first-order valence-electron chi connectivity index (χ1n) is 10.2. The van der Waals surface area contributed by atoms with Crippen molar-refractivity contribution in [1.82, 2.24) is 15.2 Å². The van der Waals surface area contributed by atoms with Gasteiger partial charge in [0.2, 0.25) is 0 Å². The van der Waals surface area contributed by atoms with Gasteiger partial charge in [-0.05, 0) is 50.3 Å². The first-order chi connectivity index (χ1) is 14.5. The summed E-state index contributed by atoms with van der Waals surface area (Å²) in [6.45, 7) is 10.3. The lowest BCUT2D eigenvalue weighted by molar-refractivity contribution is 0.0963. The molecule has 0 spiro atoms. The molecule has 0 radical (unpaired) electrons. The lowest BCUT2D eigenvalue weighted by Gasteiger charge is -2.15. The predicted octanol–water partition coefficient (Wildman–Crippen LogP) is 5.79. The maximum atomic E-state index is 14.1. The third kappa shape index (κ3) is 5.77. The van der Waals surface area contributed by atoms with Gasteiger partial charge < -0.3 is 10.2 Å². The zero-order valence-electron chi connectivity index (χ0n) is 18.0. The van der Waals surface area contributed by atoms with Crippen molar-refractivity contribution < 1.29 is 9.18 Å². The number of carbonyl (C=O) groups is 1. The molecule has 0 saturated heterocycles. The molecule has 3 rings (SSSR count). The summed E-state index contributed by atoms with van der Waals surface area (Å²) in [7, 11) is 1.56. The number of fused-ring (bicyclic) bond motifs is 1. The third-order valence-electron chi connectivity index (χ3n) is 4.89. The van der Waals surface area contributed by atoms with Crippen molar-refractivity contribution in [1.29, 1.82) is 0 Å². The molecule has 6 heteroatoms. The summed E-state index contributed by atoms with van der Waals surface area (Å²) in [5.74, 6) is -0.592. The number of rotatable bonds is 6. The molecule has 1 aromatic heterocycles. The molecule has 4 nitrogen and oxygen atoms in total. The van der Waals surface area contributed by atoms with E-state index in [0.717, 1.165) is 5.39 Å². The van der Waals surface area contributed by atoms with E-state index in [-0.39, 0.29) is 11.7 Å². The van der Waals surface area contributed by atoms with Gasteiger partial charge in [-0.3, -0.25) is 9.78 Å². The number of halogens is 2. The maximum absolute atomic E-state index is 14.1. The molecule has 1 N–H and O–H groups in total. The Bertz CT molecular complexity index is 989. The van der Waals surface area contributed by atoms with E-state index in [0.29, 0.717) is 27.2 Å². The molecule has 3 aromatic rings. The van der Waals surface area contributed by atoms with Crippen LogP contribution in [0.5, 0.6) is 0 Å². The van der Waals surface area contributed by atoms with E-state index in [1.165, 1.54) is 38.3 Å². The number of nitrogens with one attached hydrogen (secondary N) is 1. The number of hydrogen-bond donors (Lipinski definition) is 1. The van der Waals surface area contributed by atoms with Gasteiger partial charge in [-0.2, -0.15) is 0 Å². The minimum Gasteiger partial charge on any atom is -0.355 e. The molecule has 0 fully saturated rings. The Morgan fingerprint density at radius 3 is 2.37 bits per heavy atom. The van der Waals surface area contributed by atoms with Crippen molar-refractivity contribution in [3.8, 4) is 11.3 Å². The first-order valence-corrected chi connectivity index (χ1v) is 10.6. The van der Waals surface area contributed by atoms with Crippen LogP contribution in [0.4, 0.5) is 4.39 Å². The molecule has 0 saturated carbocycles. The zero-order valence-corrected chi connectivity index (χ0v) is 18.8. The van der Waals surface area contributed by atoms with Crippen molar-refractivity contribution in [2.45, 2.75) is 27.2 Å². The normalized spacial score (nSPS) is 10.6. The van der Waals surface area contributed by atoms with Crippen LogP contribution in [0.2, 0.25) is 5.02 Å². The number of carbonyl (C=O) groups excluding carboxylic acids is 1. The zero-order chi connectivity index (χ0) is 22.1. The van der Waals surface area contributed by atoms with Crippen LogP contribution in [-0.4, -0.2) is 42.5 Å². The van der Waals surface area contributed by atoms with Gasteiger partial charge in [-0.25, -0.2) is 4.39 Å². The Labute approximate surface area is 183 Å². The van der Waals surface area contributed by atoms with Crippen LogP contribution in [0.15, 0.2) is 48.7 Å². The summed E-state index contributed by atoms with van der Waals surface area (Å²) in [4.78, 5) is 18.5. The molecular weight excluding hydrogens is 401 g/mol. The molecule has 2 aromatic carbocycles. The average molecular weight is 430 g/mol. The van der Waals surface area contributed by atoms with E-state index in [4.69, 9.17) is 11.6 Å². The summed E-state index contributed by atoms with van der Waals surface area (Å²) in [6, 6.07) is 11.5. The van der Waals surface area contributed by atoms with Crippen LogP contribution in [0.1, 0.15) is 37.6 Å². The minimum absolute atomic E-state index is 0.221. The summed E-state index contributed by atoms with van der Waals surface area (Å²) in [5.41, 5.74) is 1.30. The summed E-state index contributed by atoms with van der Waals surface area (Å²) >= 11 is 6.17. The fourth-order valence-electron chi connectivity index (χ4n) is 3.22.